The van der Waals surface area contributed by atoms with Crippen molar-refractivity contribution in [1.82, 2.24) is 0 Å². The lowest BCUT2D eigenvalue weighted by Gasteiger charge is -2.33. The fourth-order valence-electron chi connectivity index (χ4n) is 3.02. The summed E-state index contributed by atoms with van der Waals surface area (Å²) in [5, 5.41) is 2.89. The van der Waals surface area contributed by atoms with Gasteiger partial charge in [-0.1, -0.05) is 12.1 Å². The number of benzene rings is 2. The summed E-state index contributed by atoms with van der Waals surface area (Å²) in [7, 11) is 0. The third-order valence-electron chi connectivity index (χ3n) is 4.52. The van der Waals surface area contributed by atoms with Crippen LogP contribution in [0.2, 0.25) is 0 Å². The van der Waals surface area contributed by atoms with Crippen LogP contribution < -0.4 is 15.0 Å². The highest BCUT2D eigenvalue weighted by Crippen LogP contribution is 2.34. The second-order valence-corrected chi connectivity index (χ2v) is 6.65. The van der Waals surface area contributed by atoms with E-state index in [1.54, 1.807) is 29.2 Å². The molecular formula is C20H20N2O3. The van der Waals surface area contributed by atoms with Gasteiger partial charge in [0.05, 0.1) is 12.2 Å². The van der Waals surface area contributed by atoms with Gasteiger partial charge in [-0.2, -0.15) is 0 Å². The molecule has 4 rings (SSSR count). The van der Waals surface area contributed by atoms with Gasteiger partial charge >= 0.3 is 0 Å². The Balaban J connectivity index is 1.53. The van der Waals surface area contributed by atoms with E-state index in [1.807, 2.05) is 31.2 Å². The molecule has 0 saturated heterocycles. The molecule has 5 nitrogen and oxygen atoms in total. The quantitative estimate of drug-likeness (QED) is 0.934. The van der Waals surface area contributed by atoms with Crippen LogP contribution in [-0.2, 0) is 4.79 Å². The van der Waals surface area contributed by atoms with Crippen LogP contribution in [0.5, 0.6) is 5.75 Å². The maximum Gasteiger partial charge on any atom is 0.258 e. The van der Waals surface area contributed by atoms with E-state index in [-0.39, 0.29) is 23.8 Å². The zero-order chi connectivity index (χ0) is 17.4. The number of para-hydroxylation sites is 2. The first-order chi connectivity index (χ1) is 12.1. The SMILES string of the molecule is C[C@@H]1CN(C(=O)c2ccc(NC(=O)C3CC3)cc2)c2ccccc2O1. The molecule has 1 N–H and O–H groups in total. The number of fused-ring (bicyclic) bond motifs is 1. The van der Waals surface area contributed by atoms with Gasteiger partial charge in [-0.05, 0) is 56.2 Å². The number of anilines is 2. The van der Waals surface area contributed by atoms with Crippen molar-refractivity contribution in [1.29, 1.82) is 0 Å². The van der Waals surface area contributed by atoms with E-state index in [2.05, 4.69) is 5.32 Å². The van der Waals surface area contributed by atoms with Crippen LogP contribution in [0.25, 0.3) is 0 Å². The number of carbonyl (C=O) groups excluding carboxylic acids is 2. The molecule has 0 unspecified atom stereocenters. The number of carbonyl (C=O) groups is 2. The number of hydrogen-bond donors (Lipinski definition) is 1. The number of hydrogen-bond acceptors (Lipinski definition) is 3. The van der Waals surface area contributed by atoms with Crippen molar-refractivity contribution in [2.75, 3.05) is 16.8 Å². The minimum atomic E-state index is -0.0670. The summed E-state index contributed by atoms with van der Waals surface area (Å²) in [6.07, 6.45) is 1.88. The van der Waals surface area contributed by atoms with Gasteiger partial charge in [0, 0.05) is 17.2 Å². The Morgan fingerprint density at radius 1 is 1.08 bits per heavy atom. The average Bonchev–Trinajstić information content (AvgIpc) is 3.46. The first-order valence-corrected chi connectivity index (χ1v) is 8.60. The van der Waals surface area contributed by atoms with Crippen molar-refractivity contribution in [2.45, 2.75) is 25.9 Å². The highest BCUT2D eigenvalue weighted by molar-refractivity contribution is 6.07. The van der Waals surface area contributed by atoms with Gasteiger partial charge in [-0.25, -0.2) is 0 Å². The number of rotatable bonds is 3. The lowest BCUT2D eigenvalue weighted by atomic mass is 10.1. The smallest absolute Gasteiger partial charge is 0.258 e. The van der Waals surface area contributed by atoms with E-state index in [1.165, 1.54) is 0 Å². The summed E-state index contributed by atoms with van der Waals surface area (Å²) < 4.78 is 5.80. The highest BCUT2D eigenvalue weighted by atomic mass is 16.5. The van der Waals surface area contributed by atoms with Crippen LogP contribution >= 0.6 is 0 Å². The van der Waals surface area contributed by atoms with Crippen LogP contribution in [0.3, 0.4) is 0 Å². The van der Waals surface area contributed by atoms with E-state index < -0.39 is 0 Å². The van der Waals surface area contributed by atoms with Gasteiger partial charge in [0.25, 0.3) is 5.91 Å². The third kappa shape index (κ3) is 3.22. The summed E-state index contributed by atoms with van der Waals surface area (Å²) in [4.78, 5) is 26.5. The van der Waals surface area contributed by atoms with Gasteiger partial charge < -0.3 is 15.0 Å². The van der Waals surface area contributed by atoms with Crippen LogP contribution in [0.1, 0.15) is 30.1 Å². The molecule has 1 atom stereocenters. The van der Waals surface area contributed by atoms with Crippen molar-refractivity contribution in [3.8, 4) is 5.75 Å². The largest absolute Gasteiger partial charge is 0.487 e. The number of nitrogens with one attached hydrogen (secondary N) is 1. The van der Waals surface area contributed by atoms with Crippen LogP contribution in [0.15, 0.2) is 48.5 Å². The fraction of sp³-hybridized carbons (Fsp3) is 0.300. The molecule has 1 heterocycles. The molecule has 1 saturated carbocycles. The Bertz CT molecular complexity index is 812. The molecule has 1 fully saturated rings. The van der Waals surface area contributed by atoms with Crippen molar-refractivity contribution < 1.29 is 14.3 Å². The Morgan fingerprint density at radius 3 is 2.52 bits per heavy atom. The molecule has 128 valence electrons. The van der Waals surface area contributed by atoms with Crippen molar-refractivity contribution in [3.63, 3.8) is 0 Å². The predicted octanol–water partition coefficient (Wildman–Crippen LogP) is 3.46. The first-order valence-electron chi connectivity index (χ1n) is 8.60. The lowest BCUT2D eigenvalue weighted by Crippen LogP contribution is -2.42. The van der Waals surface area contributed by atoms with Crippen molar-refractivity contribution in [3.05, 3.63) is 54.1 Å². The van der Waals surface area contributed by atoms with Crippen LogP contribution in [0.4, 0.5) is 11.4 Å². The van der Waals surface area contributed by atoms with E-state index in [0.29, 0.717) is 12.1 Å². The van der Waals surface area contributed by atoms with Gasteiger partial charge in [0.15, 0.2) is 0 Å². The summed E-state index contributed by atoms with van der Waals surface area (Å²) in [5.74, 6) is 0.883. The molecule has 0 radical (unpaired) electrons. The second-order valence-electron chi connectivity index (χ2n) is 6.65. The summed E-state index contributed by atoms with van der Waals surface area (Å²) in [5.41, 5.74) is 2.11. The standard InChI is InChI=1S/C20H20N2O3/c1-13-12-22(17-4-2-3-5-18(17)25-13)20(24)15-8-10-16(11-9-15)21-19(23)14-6-7-14/h2-5,8-11,13-14H,6-7,12H2,1H3,(H,21,23)/t13-/m1/s1. The molecule has 0 aromatic heterocycles. The predicted molar refractivity (Wildman–Crippen MR) is 96.0 cm³/mol. The maximum atomic E-state index is 12.9. The van der Waals surface area contributed by atoms with Gasteiger partial charge in [-0.15, -0.1) is 0 Å². The highest BCUT2D eigenvalue weighted by Gasteiger charge is 2.30. The minimum Gasteiger partial charge on any atom is -0.487 e. The molecule has 2 aromatic carbocycles. The molecule has 0 bridgehead atoms. The fourth-order valence-corrected chi connectivity index (χ4v) is 3.02. The van der Waals surface area contributed by atoms with Gasteiger partial charge in [0.2, 0.25) is 5.91 Å². The Labute approximate surface area is 146 Å². The maximum absolute atomic E-state index is 12.9. The molecule has 2 aromatic rings. The Morgan fingerprint density at radius 2 is 1.80 bits per heavy atom. The minimum absolute atomic E-state index is 0.0593. The number of ether oxygens (including phenoxy) is 1. The molecule has 0 spiro atoms. The first kappa shape index (κ1) is 15.7. The van der Waals surface area contributed by atoms with E-state index in [0.717, 1.165) is 30.0 Å². The summed E-state index contributed by atoms with van der Waals surface area (Å²) >= 11 is 0. The lowest BCUT2D eigenvalue weighted by molar-refractivity contribution is -0.117. The molecule has 1 aliphatic heterocycles. The molecule has 2 amide bonds. The van der Waals surface area contributed by atoms with Crippen LogP contribution in [-0.4, -0.2) is 24.5 Å². The zero-order valence-electron chi connectivity index (χ0n) is 14.1. The summed E-state index contributed by atoms with van der Waals surface area (Å²) in [6, 6.07) is 14.6. The monoisotopic (exact) mass is 336 g/mol. The number of amides is 2. The molecular weight excluding hydrogens is 316 g/mol. The zero-order valence-corrected chi connectivity index (χ0v) is 14.1. The third-order valence-corrected chi connectivity index (χ3v) is 4.52. The Hall–Kier alpha value is -2.82. The molecule has 2 aliphatic rings. The number of nitrogens with zero attached hydrogens (tertiary/aromatic N) is 1. The van der Waals surface area contributed by atoms with E-state index in [9.17, 15) is 9.59 Å². The Kier molecular flexibility index (Phi) is 3.92. The average molecular weight is 336 g/mol. The van der Waals surface area contributed by atoms with Crippen molar-refractivity contribution in [2.24, 2.45) is 5.92 Å². The van der Waals surface area contributed by atoms with E-state index in [4.69, 9.17) is 4.74 Å². The van der Waals surface area contributed by atoms with Gasteiger partial charge in [-0.3, -0.25) is 9.59 Å². The molecule has 1 aliphatic carbocycles. The van der Waals surface area contributed by atoms with Crippen LogP contribution in [0, 0.1) is 5.92 Å². The molecule has 25 heavy (non-hydrogen) atoms. The second kappa shape index (κ2) is 6.24. The van der Waals surface area contributed by atoms with Crippen molar-refractivity contribution >= 4 is 23.2 Å². The topological polar surface area (TPSA) is 58.6 Å². The summed E-state index contributed by atoms with van der Waals surface area (Å²) in [6.45, 7) is 2.46. The van der Waals surface area contributed by atoms with E-state index >= 15 is 0 Å². The normalized spacial score (nSPS) is 18.9. The van der Waals surface area contributed by atoms with Gasteiger partial charge in [0.1, 0.15) is 11.9 Å². The molecule has 5 heteroatoms.